The molecule has 100 valence electrons. The van der Waals surface area contributed by atoms with E-state index in [0.29, 0.717) is 12.0 Å². The Morgan fingerprint density at radius 2 is 2.00 bits per heavy atom. The molecule has 1 aliphatic heterocycles. The number of hydrogen-bond donors (Lipinski definition) is 2. The highest BCUT2D eigenvalue weighted by atomic mass is 19.4. The van der Waals surface area contributed by atoms with Gasteiger partial charge in [-0.2, -0.15) is 0 Å². The van der Waals surface area contributed by atoms with E-state index in [9.17, 15) is 13.2 Å². The van der Waals surface area contributed by atoms with E-state index in [1.54, 1.807) is 12.1 Å². The van der Waals surface area contributed by atoms with Crippen molar-refractivity contribution in [3.05, 3.63) is 29.8 Å². The zero-order valence-corrected chi connectivity index (χ0v) is 9.76. The maximum absolute atomic E-state index is 12.2. The summed E-state index contributed by atoms with van der Waals surface area (Å²) in [7, 11) is 0. The van der Waals surface area contributed by atoms with E-state index in [4.69, 9.17) is 0 Å². The zero-order chi connectivity index (χ0) is 13.0. The number of hydrogen-bond acceptors (Lipinski definition) is 3. The van der Waals surface area contributed by atoms with Crippen LogP contribution in [0.5, 0.6) is 5.75 Å². The lowest BCUT2D eigenvalue weighted by Crippen LogP contribution is -2.49. The molecule has 1 aliphatic rings. The molecule has 1 atom stereocenters. The third kappa shape index (κ3) is 3.89. The zero-order valence-electron chi connectivity index (χ0n) is 9.76. The summed E-state index contributed by atoms with van der Waals surface area (Å²) in [5, 5.41) is 6.46. The van der Waals surface area contributed by atoms with Crippen LogP contribution in [0.15, 0.2) is 24.3 Å². The van der Waals surface area contributed by atoms with Gasteiger partial charge < -0.3 is 15.4 Å². The number of rotatable bonds is 3. The number of para-hydroxylation sites is 1. The van der Waals surface area contributed by atoms with Gasteiger partial charge in [-0.1, -0.05) is 18.2 Å². The highest BCUT2D eigenvalue weighted by Crippen LogP contribution is 2.27. The van der Waals surface area contributed by atoms with Crippen molar-refractivity contribution in [1.29, 1.82) is 0 Å². The van der Waals surface area contributed by atoms with E-state index >= 15 is 0 Å². The molecule has 1 aromatic rings. The highest BCUT2D eigenvalue weighted by molar-refractivity contribution is 5.34. The minimum absolute atomic E-state index is 0.114. The van der Waals surface area contributed by atoms with Crippen molar-refractivity contribution >= 4 is 0 Å². The molecular formula is C12H15F3N2O. The van der Waals surface area contributed by atoms with Crippen LogP contribution in [0.3, 0.4) is 0 Å². The van der Waals surface area contributed by atoms with Crippen molar-refractivity contribution < 1.29 is 17.9 Å². The maximum Gasteiger partial charge on any atom is 0.573 e. The van der Waals surface area contributed by atoms with Gasteiger partial charge in [-0.3, -0.25) is 0 Å². The van der Waals surface area contributed by atoms with Crippen LogP contribution in [-0.2, 0) is 6.42 Å². The topological polar surface area (TPSA) is 33.3 Å². The molecule has 6 heteroatoms. The fraction of sp³-hybridized carbons (Fsp3) is 0.500. The smallest absolute Gasteiger partial charge is 0.406 e. The Kier molecular flexibility index (Phi) is 4.08. The van der Waals surface area contributed by atoms with Crippen molar-refractivity contribution in [1.82, 2.24) is 10.6 Å². The molecule has 1 aromatic carbocycles. The van der Waals surface area contributed by atoms with Crippen LogP contribution < -0.4 is 15.4 Å². The van der Waals surface area contributed by atoms with Gasteiger partial charge >= 0.3 is 6.36 Å². The fourth-order valence-electron chi connectivity index (χ4n) is 2.02. The molecule has 0 aliphatic carbocycles. The molecule has 0 spiro atoms. The van der Waals surface area contributed by atoms with Crippen molar-refractivity contribution in [2.75, 3.05) is 19.6 Å². The predicted molar refractivity (Wildman–Crippen MR) is 61.5 cm³/mol. The summed E-state index contributed by atoms with van der Waals surface area (Å²) in [4.78, 5) is 0. The fourth-order valence-corrected chi connectivity index (χ4v) is 2.02. The Balaban J connectivity index is 2.06. The van der Waals surface area contributed by atoms with Gasteiger partial charge in [0.15, 0.2) is 0 Å². The lowest BCUT2D eigenvalue weighted by molar-refractivity contribution is -0.274. The van der Waals surface area contributed by atoms with Gasteiger partial charge in [0, 0.05) is 25.7 Å². The first-order valence-electron chi connectivity index (χ1n) is 5.82. The van der Waals surface area contributed by atoms with E-state index in [1.165, 1.54) is 12.1 Å². The third-order valence-corrected chi connectivity index (χ3v) is 2.79. The average Bonchev–Trinajstić information content (AvgIpc) is 2.31. The van der Waals surface area contributed by atoms with E-state index in [1.807, 2.05) is 0 Å². The molecule has 1 fully saturated rings. The van der Waals surface area contributed by atoms with Crippen LogP contribution in [0.1, 0.15) is 5.56 Å². The summed E-state index contributed by atoms with van der Waals surface area (Å²) in [6.45, 7) is 2.46. The van der Waals surface area contributed by atoms with Crippen LogP contribution in [0.25, 0.3) is 0 Å². The van der Waals surface area contributed by atoms with Gasteiger partial charge in [0.1, 0.15) is 5.75 Å². The van der Waals surface area contributed by atoms with Gasteiger partial charge in [-0.25, -0.2) is 0 Å². The summed E-state index contributed by atoms with van der Waals surface area (Å²) < 4.78 is 40.8. The Morgan fingerprint density at radius 1 is 1.22 bits per heavy atom. The first-order valence-corrected chi connectivity index (χ1v) is 5.82. The first kappa shape index (κ1) is 13.2. The molecule has 0 radical (unpaired) electrons. The van der Waals surface area contributed by atoms with E-state index in [0.717, 1.165) is 19.6 Å². The van der Waals surface area contributed by atoms with Crippen LogP contribution in [0.2, 0.25) is 0 Å². The first-order chi connectivity index (χ1) is 8.54. The standard InChI is InChI=1S/C12H15F3N2O/c13-12(14,15)18-11-4-2-1-3-9(11)7-10-8-16-5-6-17-10/h1-4,10,16-17H,5-8H2. The molecule has 1 heterocycles. The Morgan fingerprint density at radius 3 is 2.67 bits per heavy atom. The summed E-state index contributed by atoms with van der Waals surface area (Å²) >= 11 is 0. The molecule has 0 saturated carbocycles. The second-order valence-corrected chi connectivity index (χ2v) is 4.21. The predicted octanol–water partition coefficient (Wildman–Crippen LogP) is 1.69. The normalized spacial score (nSPS) is 20.7. The van der Waals surface area contributed by atoms with Gasteiger partial charge in [-0.15, -0.1) is 13.2 Å². The quantitative estimate of drug-likeness (QED) is 0.867. The Bertz CT molecular complexity index is 389. The number of alkyl halides is 3. The second-order valence-electron chi connectivity index (χ2n) is 4.21. The average molecular weight is 260 g/mol. The highest BCUT2D eigenvalue weighted by Gasteiger charge is 2.32. The van der Waals surface area contributed by atoms with Crippen molar-refractivity contribution in [2.45, 2.75) is 18.8 Å². The van der Waals surface area contributed by atoms with Crippen LogP contribution in [-0.4, -0.2) is 32.0 Å². The molecule has 18 heavy (non-hydrogen) atoms. The minimum Gasteiger partial charge on any atom is -0.406 e. The molecule has 2 rings (SSSR count). The summed E-state index contributed by atoms with van der Waals surface area (Å²) in [6, 6.07) is 6.40. The molecular weight excluding hydrogens is 245 g/mol. The minimum atomic E-state index is -4.64. The number of ether oxygens (including phenoxy) is 1. The second kappa shape index (κ2) is 5.58. The Hall–Kier alpha value is -1.27. The molecule has 1 saturated heterocycles. The van der Waals surface area contributed by atoms with Crippen molar-refractivity contribution in [3.8, 4) is 5.75 Å². The molecule has 0 amide bonds. The van der Waals surface area contributed by atoms with Gasteiger partial charge in [0.05, 0.1) is 0 Å². The lowest BCUT2D eigenvalue weighted by atomic mass is 10.0. The molecule has 3 nitrogen and oxygen atoms in total. The van der Waals surface area contributed by atoms with E-state index in [-0.39, 0.29) is 11.8 Å². The monoisotopic (exact) mass is 260 g/mol. The summed E-state index contributed by atoms with van der Waals surface area (Å²) in [6.07, 6.45) is -4.13. The largest absolute Gasteiger partial charge is 0.573 e. The van der Waals surface area contributed by atoms with Crippen molar-refractivity contribution in [3.63, 3.8) is 0 Å². The maximum atomic E-state index is 12.2. The van der Waals surface area contributed by atoms with Gasteiger partial charge in [0.25, 0.3) is 0 Å². The molecule has 0 bridgehead atoms. The number of piperazine rings is 1. The molecule has 0 aromatic heterocycles. The van der Waals surface area contributed by atoms with E-state index in [2.05, 4.69) is 15.4 Å². The van der Waals surface area contributed by atoms with Crippen LogP contribution in [0.4, 0.5) is 13.2 Å². The Labute approximate surface area is 103 Å². The van der Waals surface area contributed by atoms with Crippen LogP contribution >= 0.6 is 0 Å². The van der Waals surface area contributed by atoms with Gasteiger partial charge in [0.2, 0.25) is 0 Å². The number of benzene rings is 1. The summed E-state index contributed by atoms with van der Waals surface area (Å²) in [5.74, 6) is -0.114. The number of halogens is 3. The summed E-state index contributed by atoms with van der Waals surface area (Å²) in [5.41, 5.74) is 0.566. The lowest BCUT2D eigenvalue weighted by Gasteiger charge is -2.25. The molecule has 2 N–H and O–H groups in total. The number of nitrogens with one attached hydrogen (secondary N) is 2. The SMILES string of the molecule is FC(F)(F)Oc1ccccc1CC1CNCCN1. The van der Waals surface area contributed by atoms with E-state index < -0.39 is 6.36 Å². The van der Waals surface area contributed by atoms with Crippen LogP contribution in [0, 0.1) is 0 Å². The third-order valence-electron chi connectivity index (χ3n) is 2.79. The van der Waals surface area contributed by atoms with Gasteiger partial charge in [-0.05, 0) is 18.1 Å². The van der Waals surface area contributed by atoms with Crippen molar-refractivity contribution in [2.24, 2.45) is 0 Å². The molecule has 1 unspecified atom stereocenters.